The van der Waals surface area contributed by atoms with Crippen LogP contribution in [0.1, 0.15) is 17.5 Å². The normalized spacial score (nSPS) is 22.1. The van der Waals surface area contributed by atoms with Crippen molar-refractivity contribution in [3.8, 4) is 5.75 Å². The number of methoxy groups -OCH3 is 1. The molecule has 0 saturated carbocycles. The molecule has 1 N–H and O–H groups in total. The Morgan fingerprint density at radius 1 is 1.23 bits per heavy atom. The fourth-order valence-electron chi connectivity index (χ4n) is 4.33. The highest BCUT2D eigenvalue weighted by atomic mass is 16.5. The van der Waals surface area contributed by atoms with Gasteiger partial charge in [0.25, 0.3) is 0 Å². The summed E-state index contributed by atoms with van der Waals surface area (Å²) in [5.74, 6) is 0.621. The van der Waals surface area contributed by atoms with Crippen molar-refractivity contribution < 1.29 is 19.1 Å². The lowest BCUT2D eigenvalue weighted by Gasteiger charge is -2.25. The third-order valence-electron chi connectivity index (χ3n) is 5.87. The first kappa shape index (κ1) is 20.2. The molecule has 1 fully saturated rings. The van der Waals surface area contributed by atoms with E-state index < -0.39 is 6.10 Å². The highest BCUT2D eigenvalue weighted by molar-refractivity contribution is 5.95. The molecular formula is C23H27N3O4. The van der Waals surface area contributed by atoms with Gasteiger partial charge in [-0.05, 0) is 35.7 Å². The van der Waals surface area contributed by atoms with Gasteiger partial charge in [0.15, 0.2) is 0 Å². The van der Waals surface area contributed by atoms with Crippen molar-refractivity contribution in [2.45, 2.75) is 24.5 Å². The van der Waals surface area contributed by atoms with Gasteiger partial charge in [-0.1, -0.05) is 30.3 Å². The van der Waals surface area contributed by atoms with Crippen molar-refractivity contribution in [2.75, 3.05) is 39.3 Å². The zero-order valence-corrected chi connectivity index (χ0v) is 17.6. The number of carbonyl (C=O) groups is 2. The summed E-state index contributed by atoms with van der Waals surface area (Å²) in [6.07, 6.45) is 0.00334. The van der Waals surface area contributed by atoms with E-state index in [4.69, 9.17) is 9.47 Å². The number of urea groups is 1. The second kappa shape index (κ2) is 7.99. The number of hydrogen-bond acceptors (Lipinski definition) is 4. The summed E-state index contributed by atoms with van der Waals surface area (Å²) in [6, 6.07) is 15.4. The molecule has 2 aromatic carbocycles. The highest BCUT2D eigenvalue weighted by Gasteiger charge is 2.51. The quantitative estimate of drug-likeness (QED) is 0.843. The van der Waals surface area contributed by atoms with Crippen molar-refractivity contribution in [3.05, 3.63) is 59.7 Å². The number of hydrogen-bond donors (Lipinski definition) is 1. The average Bonchev–Trinajstić information content (AvgIpc) is 3.34. The van der Waals surface area contributed by atoms with Crippen LogP contribution in [0, 0.1) is 0 Å². The lowest BCUT2D eigenvalue weighted by Crippen LogP contribution is -2.43. The van der Waals surface area contributed by atoms with Crippen LogP contribution in [0.4, 0.5) is 10.5 Å². The maximum absolute atomic E-state index is 12.8. The topological polar surface area (TPSA) is 71.1 Å². The maximum atomic E-state index is 12.8. The molecule has 2 aliphatic rings. The Morgan fingerprint density at radius 3 is 2.80 bits per heavy atom. The summed E-state index contributed by atoms with van der Waals surface area (Å²) in [5, 5.41) is 2.97. The van der Waals surface area contributed by atoms with Crippen LogP contribution >= 0.6 is 0 Å². The predicted molar refractivity (Wildman–Crippen MR) is 114 cm³/mol. The minimum absolute atomic E-state index is 0.0646. The Bertz CT molecular complexity index is 961. The summed E-state index contributed by atoms with van der Waals surface area (Å²) in [6.45, 7) is 1.34. The maximum Gasteiger partial charge on any atom is 0.323 e. The van der Waals surface area contributed by atoms with Gasteiger partial charge in [0.1, 0.15) is 11.9 Å². The molecule has 2 aromatic rings. The number of ether oxygens (including phenoxy) is 2. The Morgan fingerprint density at radius 2 is 2.03 bits per heavy atom. The Labute approximate surface area is 176 Å². The van der Waals surface area contributed by atoms with Gasteiger partial charge in [0.05, 0.1) is 13.7 Å². The van der Waals surface area contributed by atoms with Gasteiger partial charge < -0.3 is 19.7 Å². The second-order valence-corrected chi connectivity index (χ2v) is 8.13. The highest BCUT2D eigenvalue weighted by Crippen LogP contribution is 2.47. The van der Waals surface area contributed by atoms with Gasteiger partial charge in [-0.25, -0.2) is 4.79 Å². The molecule has 7 heteroatoms. The first-order chi connectivity index (χ1) is 14.4. The van der Waals surface area contributed by atoms with Gasteiger partial charge in [0.2, 0.25) is 5.91 Å². The Balaban J connectivity index is 1.46. The van der Waals surface area contributed by atoms with Crippen LogP contribution in [-0.4, -0.2) is 57.3 Å². The summed E-state index contributed by atoms with van der Waals surface area (Å²) in [5.41, 5.74) is 2.57. The molecule has 158 valence electrons. The summed E-state index contributed by atoms with van der Waals surface area (Å²) in [7, 11) is 5.11. The average molecular weight is 409 g/mol. The van der Waals surface area contributed by atoms with E-state index >= 15 is 0 Å². The van der Waals surface area contributed by atoms with E-state index in [2.05, 4.69) is 5.32 Å². The molecule has 0 aliphatic carbocycles. The number of rotatable bonds is 4. The van der Waals surface area contributed by atoms with Crippen LogP contribution in [0.3, 0.4) is 0 Å². The molecule has 0 radical (unpaired) electrons. The predicted octanol–water partition coefficient (Wildman–Crippen LogP) is 2.54. The molecule has 1 saturated heterocycles. The second-order valence-electron chi connectivity index (χ2n) is 8.13. The van der Waals surface area contributed by atoms with Crippen molar-refractivity contribution in [2.24, 2.45) is 0 Å². The number of nitrogens with one attached hydrogen (secondary N) is 1. The Hall–Kier alpha value is -3.06. The number of carbonyl (C=O) groups excluding carboxylic acids is 2. The lowest BCUT2D eigenvalue weighted by atomic mass is 9.80. The van der Waals surface area contributed by atoms with Gasteiger partial charge in [0, 0.05) is 38.3 Å². The van der Waals surface area contributed by atoms with Crippen LogP contribution < -0.4 is 15.0 Å². The zero-order chi connectivity index (χ0) is 21.3. The number of amides is 3. The van der Waals surface area contributed by atoms with Gasteiger partial charge >= 0.3 is 6.03 Å². The summed E-state index contributed by atoms with van der Waals surface area (Å²) < 4.78 is 11.2. The molecule has 2 aliphatic heterocycles. The van der Waals surface area contributed by atoms with Crippen LogP contribution in [0.25, 0.3) is 0 Å². The molecule has 7 nitrogen and oxygen atoms in total. The van der Waals surface area contributed by atoms with Crippen LogP contribution in [0.5, 0.6) is 5.75 Å². The molecule has 3 amide bonds. The van der Waals surface area contributed by atoms with Crippen molar-refractivity contribution in [3.63, 3.8) is 0 Å². The first-order valence-corrected chi connectivity index (χ1v) is 10.0. The van der Waals surface area contributed by atoms with Crippen LogP contribution in [-0.2, 0) is 21.5 Å². The van der Waals surface area contributed by atoms with Gasteiger partial charge in [-0.2, -0.15) is 0 Å². The standard InChI is InChI=1S/C23H27N3O4/c1-25(2)22(28)26-14-23(18-9-4-5-10-19(18)26)12-20(30-15-23)21(27)24-13-16-7-6-8-17(11-16)29-3/h4-11,20H,12-15H2,1-3H3,(H,24,27). The van der Waals surface area contributed by atoms with E-state index in [9.17, 15) is 9.59 Å². The number of para-hydroxylation sites is 1. The monoisotopic (exact) mass is 409 g/mol. The molecule has 1 spiro atoms. The molecule has 4 rings (SSSR count). The third-order valence-corrected chi connectivity index (χ3v) is 5.87. The SMILES string of the molecule is COc1cccc(CNC(=O)C2CC3(CO2)CN(C(=O)N(C)C)c2ccccc23)c1. The zero-order valence-electron chi connectivity index (χ0n) is 17.6. The molecule has 0 aromatic heterocycles. The Kier molecular flexibility index (Phi) is 5.39. The molecule has 2 unspecified atom stereocenters. The van der Waals surface area contributed by atoms with Crippen molar-refractivity contribution in [1.29, 1.82) is 0 Å². The van der Waals surface area contributed by atoms with Gasteiger partial charge in [-0.15, -0.1) is 0 Å². The summed E-state index contributed by atoms with van der Waals surface area (Å²) >= 11 is 0. The number of benzene rings is 2. The first-order valence-electron chi connectivity index (χ1n) is 10.0. The van der Waals surface area contributed by atoms with Crippen molar-refractivity contribution >= 4 is 17.6 Å². The summed E-state index contributed by atoms with van der Waals surface area (Å²) in [4.78, 5) is 28.8. The largest absolute Gasteiger partial charge is 0.497 e. The minimum Gasteiger partial charge on any atom is -0.497 e. The van der Waals surface area contributed by atoms with E-state index in [-0.39, 0.29) is 17.4 Å². The molecule has 30 heavy (non-hydrogen) atoms. The van der Waals surface area contributed by atoms with E-state index in [0.29, 0.717) is 26.1 Å². The van der Waals surface area contributed by atoms with E-state index in [0.717, 1.165) is 22.6 Å². The van der Waals surface area contributed by atoms with Gasteiger partial charge in [-0.3, -0.25) is 9.69 Å². The van der Waals surface area contributed by atoms with E-state index in [1.54, 1.807) is 31.0 Å². The third kappa shape index (κ3) is 3.61. The number of anilines is 1. The number of fused-ring (bicyclic) bond motifs is 2. The smallest absolute Gasteiger partial charge is 0.323 e. The van der Waals surface area contributed by atoms with Crippen LogP contribution in [0.2, 0.25) is 0 Å². The number of nitrogens with zero attached hydrogens (tertiary/aromatic N) is 2. The fourth-order valence-corrected chi connectivity index (χ4v) is 4.33. The molecular weight excluding hydrogens is 382 g/mol. The van der Waals surface area contributed by atoms with Crippen molar-refractivity contribution in [1.82, 2.24) is 10.2 Å². The molecule has 2 heterocycles. The molecule has 0 bridgehead atoms. The van der Waals surface area contributed by atoms with E-state index in [1.807, 2.05) is 48.5 Å². The minimum atomic E-state index is -0.543. The van der Waals surface area contributed by atoms with Crippen LogP contribution in [0.15, 0.2) is 48.5 Å². The van der Waals surface area contributed by atoms with E-state index in [1.165, 1.54) is 0 Å². The fraction of sp³-hybridized carbons (Fsp3) is 0.391. The lowest BCUT2D eigenvalue weighted by molar-refractivity contribution is -0.130. The molecule has 2 atom stereocenters.